The molecule has 0 radical (unpaired) electrons. The maximum atomic E-state index is 13.6. The van der Waals surface area contributed by atoms with E-state index in [4.69, 9.17) is 13.0 Å². The van der Waals surface area contributed by atoms with Gasteiger partial charge in [0.1, 0.15) is 11.5 Å². The standard InChI is InChI=1S/C24H22FN3O5S/c1-6-24(9-10-34(32,33)13-24)12-19(29)22(30)20-14(2)21(28(5)15(20)3)23(31)27-16-7-8-17(25)18(11-16)26-4/h1,7-8,11H,9-10,12-13H2,2-3,5H3,(H,27,31). The number of rotatable bonds is 6. The number of carbonyl (C=O) groups is 3. The molecule has 8 nitrogen and oxygen atoms in total. The van der Waals surface area contributed by atoms with E-state index < -0.39 is 45.0 Å². The summed E-state index contributed by atoms with van der Waals surface area (Å²) in [7, 11) is -1.82. The zero-order valence-corrected chi connectivity index (χ0v) is 19.7. The van der Waals surface area contributed by atoms with Crippen LogP contribution in [0, 0.1) is 44.0 Å². The molecule has 176 valence electrons. The lowest BCUT2D eigenvalue weighted by molar-refractivity contribution is -0.116. The van der Waals surface area contributed by atoms with Crippen LogP contribution in [0.25, 0.3) is 4.85 Å². The van der Waals surface area contributed by atoms with Gasteiger partial charge in [0.25, 0.3) is 5.91 Å². The number of sulfone groups is 1. The second-order valence-electron chi connectivity index (χ2n) is 8.42. The normalized spacial score (nSPS) is 18.6. The third-order valence-corrected chi connectivity index (χ3v) is 7.96. The van der Waals surface area contributed by atoms with Crippen molar-refractivity contribution in [1.29, 1.82) is 0 Å². The Morgan fingerprint density at radius 3 is 2.56 bits per heavy atom. The number of terminal acetylenes is 1. The van der Waals surface area contributed by atoms with Crippen molar-refractivity contribution in [3.63, 3.8) is 0 Å². The van der Waals surface area contributed by atoms with Gasteiger partial charge in [-0.15, -0.1) is 6.42 Å². The zero-order valence-electron chi connectivity index (χ0n) is 18.9. The molecular weight excluding hydrogens is 461 g/mol. The molecule has 1 unspecified atom stereocenters. The smallest absolute Gasteiger partial charge is 0.272 e. The summed E-state index contributed by atoms with van der Waals surface area (Å²) in [6.07, 6.45) is 5.24. The first-order chi connectivity index (χ1) is 15.8. The summed E-state index contributed by atoms with van der Waals surface area (Å²) in [5.74, 6) is -1.07. The molecule has 1 saturated heterocycles. The first kappa shape index (κ1) is 24.9. The number of amides is 1. The van der Waals surface area contributed by atoms with E-state index in [1.54, 1.807) is 14.0 Å². The first-order valence-electron chi connectivity index (χ1n) is 10.2. The highest BCUT2D eigenvalue weighted by Crippen LogP contribution is 2.36. The Kier molecular flexibility index (Phi) is 6.50. The highest BCUT2D eigenvalue weighted by atomic mass is 32.2. The Hall–Kier alpha value is -3.76. The molecule has 3 rings (SSSR count). The fourth-order valence-electron chi connectivity index (χ4n) is 4.25. The topological polar surface area (TPSA) is 107 Å². The van der Waals surface area contributed by atoms with Crippen molar-refractivity contribution >= 4 is 38.7 Å². The lowest BCUT2D eigenvalue weighted by atomic mass is 9.81. The molecule has 0 bridgehead atoms. The van der Waals surface area contributed by atoms with E-state index in [-0.39, 0.29) is 46.1 Å². The zero-order chi connectivity index (χ0) is 25.4. The summed E-state index contributed by atoms with van der Waals surface area (Å²) in [5.41, 5.74) is -0.489. The Labute approximate surface area is 196 Å². The lowest BCUT2D eigenvalue weighted by Gasteiger charge is -2.19. The molecule has 10 heteroatoms. The molecule has 0 aliphatic carbocycles. The number of aromatic nitrogens is 1. The van der Waals surface area contributed by atoms with Gasteiger partial charge in [-0.3, -0.25) is 14.4 Å². The van der Waals surface area contributed by atoms with Gasteiger partial charge in [-0.05, 0) is 44.0 Å². The molecule has 34 heavy (non-hydrogen) atoms. The van der Waals surface area contributed by atoms with Crippen LogP contribution in [0.1, 0.15) is 44.9 Å². The monoisotopic (exact) mass is 483 g/mol. The molecule has 1 N–H and O–H groups in total. The van der Waals surface area contributed by atoms with Gasteiger partial charge in [0, 0.05) is 24.8 Å². The second-order valence-corrected chi connectivity index (χ2v) is 10.6. The predicted octanol–water partition coefficient (Wildman–Crippen LogP) is 3.16. The van der Waals surface area contributed by atoms with Gasteiger partial charge in [0.2, 0.25) is 17.3 Å². The van der Waals surface area contributed by atoms with Crippen molar-refractivity contribution in [1.82, 2.24) is 4.57 Å². The second kappa shape index (κ2) is 8.88. The molecule has 2 aromatic rings. The minimum absolute atomic E-state index is 0.0478. The van der Waals surface area contributed by atoms with Crippen LogP contribution in [0.5, 0.6) is 0 Å². The number of hydrogen-bond donors (Lipinski definition) is 1. The highest BCUT2D eigenvalue weighted by molar-refractivity contribution is 7.91. The van der Waals surface area contributed by atoms with Crippen molar-refractivity contribution in [2.75, 3.05) is 16.8 Å². The quantitative estimate of drug-likeness (QED) is 0.294. The van der Waals surface area contributed by atoms with E-state index >= 15 is 0 Å². The van der Waals surface area contributed by atoms with Gasteiger partial charge in [-0.1, -0.05) is 5.92 Å². The summed E-state index contributed by atoms with van der Waals surface area (Å²) < 4.78 is 38.8. The molecule has 1 amide bonds. The molecule has 1 aromatic carbocycles. The molecule has 1 aliphatic rings. The van der Waals surface area contributed by atoms with Gasteiger partial charge >= 0.3 is 0 Å². The van der Waals surface area contributed by atoms with Crippen molar-refractivity contribution < 1.29 is 27.2 Å². The van der Waals surface area contributed by atoms with Crippen molar-refractivity contribution in [3.05, 3.63) is 57.9 Å². The number of halogens is 1. The van der Waals surface area contributed by atoms with Gasteiger partial charge in [-0.2, -0.15) is 0 Å². The number of benzene rings is 1. The summed E-state index contributed by atoms with van der Waals surface area (Å²) in [4.78, 5) is 41.9. The van der Waals surface area contributed by atoms with E-state index in [0.29, 0.717) is 5.69 Å². The maximum absolute atomic E-state index is 13.6. The van der Waals surface area contributed by atoms with Crippen molar-refractivity contribution in [3.8, 4) is 12.3 Å². The van der Waals surface area contributed by atoms with Crippen LogP contribution in [0.3, 0.4) is 0 Å². The van der Waals surface area contributed by atoms with E-state index in [1.165, 1.54) is 23.6 Å². The van der Waals surface area contributed by atoms with E-state index in [2.05, 4.69) is 16.1 Å². The summed E-state index contributed by atoms with van der Waals surface area (Å²) in [6, 6.07) is 3.55. The Balaban J connectivity index is 1.89. The van der Waals surface area contributed by atoms with Crippen LogP contribution in [-0.2, 0) is 21.7 Å². The van der Waals surface area contributed by atoms with E-state index in [9.17, 15) is 27.2 Å². The number of carbonyl (C=O) groups excluding carboxylic acids is 3. The predicted molar refractivity (Wildman–Crippen MR) is 124 cm³/mol. The SMILES string of the molecule is [C-]#[N+]c1cc(NC(=O)c2c(C)c(C(=O)C(=O)CC3(C#C)CCS(=O)(=O)C3)c(C)n2C)ccc1F. The van der Waals surface area contributed by atoms with E-state index in [0.717, 1.165) is 6.07 Å². The number of hydrogen-bond acceptors (Lipinski definition) is 5. The van der Waals surface area contributed by atoms with Gasteiger partial charge in [0.05, 0.1) is 29.1 Å². The van der Waals surface area contributed by atoms with Crippen LogP contribution in [-0.4, -0.2) is 42.0 Å². The number of ketones is 2. The number of anilines is 1. The molecule has 1 atom stereocenters. The van der Waals surface area contributed by atoms with Crippen LogP contribution in [0.2, 0.25) is 0 Å². The Morgan fingerprint density at radius 2 is 2.00 bits per heavy atom. The van der Waals surface area contributed by atoms with Crippen LogP contribution >= 0.6 is 0 Å². The average Bonchev–Trinajstić information content (AvgIpc) is 3.20. The Bertz CT molecular complexity index is 1430. The third kappa shape index (κ3) is 4.50. The number of Topliss-reactive ketones (excluding diaryl/α,β-unsaturated/α-hetero) is 2. The number of nitrogens with zero attached hydrogens (tertiary/aromatic N) is 2. The first-order valence-corrected chi connectivity index (χ1v) is 12.1. The van der Waals surface area contributed by atoms with Crippen LogP contribution < -0.4 is 5.32 Å². The molecule has 2 heterocycles. The average molecular weight is 484 g/mol. The summed E-state index contributed by atoms with van der Waals surface area (Å²) in [5, 5.41) is 2.57. The maximum Gasteiger partial charge on any atom is 0.272 e. The van der Waals surface area contributed by atoms with Crippen LogP contribution in [0.4, 0.5) is 15.8 Å². The lowest BCUT2D eigenvalue weighted by Crippen LogP contribution is -2.28. The van der Waals surface area contributed by atoms with Crippen molar-refractivity contribution in [2.45, 2.75) is 26.7 Å². The summed E-state index contributed by atoms with van der Waals surface area (Å²) in [6.45, 7) is 10.1. The van der Waals surface area contributed by atoms with Gasteiger partial charge in [0.15, 0.2) is 9.84 Å². The Morgan fingerprint density at radius 1 is 1.32 bits per heavy atom. The summed E-state index contributed by atoms with van der Waals surface area (Å²) >= 11 is 0. The van der Waals surface area contributed by atoms with Crippen molar-refractivity contribution in [2.24, 2.45) is 12.5 Å². The minimum Gasteiger partial charge on any atom is -0.343 e. The molecular formula is C24H22FN3O5S. The van der Waals surface area contributed by atoms with Gasteiger partial charge < -0.3 is 9.88 Å². The molecule has 1 aromatic heterocycles. The molecule has 0 spiro atoms. The third-order valence-electron chi connectivity index (χ3n) is 6.14. The van der Waals surface area contributed by atoms with Crippen LogP contribution in [0.15, 0.2) is 18.2 Å². The molecule has 1 aliphatic heterocycles. The van der Waals surface area contributed by atoms with E-state index in [1.807, 2.05) is 0 Å². The molecule has 0 saturated carbocycles. The largest absolute Gasteiger partial charge is 0.343 e. The fourth-order valence-corrected chi connectivity index (χ4v) is 6.27. The highest BCUT2D eigenvalue weighted by Gasteiger charge is 2.44. The fraction of sp³-hybridized carbons (Fsp3) is 0.333. The molecule has 1 fully saturated rings. The minimum atomic E-state index is -3.37. The van der Waals surface area contributed by atoms with Gasteiger partial charge in [-0.25, -0.2) is 17.7 Å². The number of nitrogens with one attached hydrogen (secondary N) is 1.